The molecule has 0 aromatic heterocycles. The first-order chi connectivity index (χ1) is 16.4. The van der Waals surface area contributed by atoms with Crippen molar-refractivity contribution < 1.29 is 14.0 Å². The van der Waals surface area contributed by atoms with E-state index in [0.717, 1.165) is 43.9 Å². The van der Waals surface area contributed by atoms with Crippen molar-refractivity contribution >= 4 is 35.5 Å². The van der Waals surface area contributed by atoms with Gasteiger partial charge in [0.05, 0.1) is 5.69 Å². The molecule has 184 valence electrons. The summed E-state index contributed by atoms with van der Waals surface area (Å²) >= 11 is 0. The van der Waals surface area contributed by atoms with E-state index in [0.29, 0.717) is 16.7 Å². The lowest BCUT2D eigenvalue weighted by atomic mass is 10.0. The number of hydrogen-bond donors (Lipinski definition) is 1. The Labute approximate surface area is 212 Å². The largest absolute Gasteiger partial charge is 0.370 e. The first-order valence-corrected chi connectivity index (χ1v) is 11.6. The first-order valence-electron chi connectivity index (χ1n) is 11.6. The zero-order chi connectivity index (χ0) is 24.1. The van der Waals surface area contributed by atoms with Gasteiger partial charge in [-0.25, -0.2) is 4.39 Å². The van der Waals surface area contributed by atoms with Gasteiger partial charge in [0.25, 0.3) is 5.91 Å². The molecule has 4 rings (SSSR count). The SMILES string of the molecule is Cc1ccc(C(=O)Cc2cccc(F)c2NC(=O)c2ccc(N3CCCN(C)CC3)cc2)cc1.Cl. The number of hydrogen-bond acceptors (Lipinski definition) is 4. The molecule has 3 aromatic carbocycles. The predicted octanol–water partition coefficient (Wildman–Crippen LogP) is 5.38. The van der Waals surface area contributed by atoms with Gasteiger partial charge in [-0.2, -0.15) is 0 Å². The molecule has 0 bridgehead atoms. The third-order valence-electron chi connectivity index (χ3n) is 6.28. The Morgan fingerprint density at radius 3 is 2.29 bits per heavy atom. The van der Waals surface area contributed by atoms with E-state index in [1.165, 1.54) is 6.07 Å². The zero-order valence-corrected chi connectivity index (χ0v) is 20.9. The number of anilines is 2. The summed E-state index contributed by atoms with van der Waals surface area (Å²) in [5.74, 6) is -1.10. The maximum Gasteiger partial charge on any atom is 0.255 e. The van der Waals surface area contributed by atoms with Gasteiger partial charge in [0.1, 0.15) is 5.82 Å². The van der Waals surface area contributed by atoms with Crippen LogP contribution in [-0.4, -0.2) is 49.8 Å². The number of nitrogens with one attached hydrogen (secondary N) is 1. The minimum atomic E-state index is -0.562. The number of para-hydroxylation sites is 1. The number of carbonyl (C=O) groups excluding carboxylic acids is 2. The molecule has 0 spiro atoms. The van der Waals surface area contributed by atoms with E-state index in [2.05, 4.69) is 22.2 Å². The summed E-state index contributed by atoms with van der Waals surface area (Å²) in [6.45, 7) is 5.95. The predicted molar refractivity (Wildman–Crippen MR) is 142 cm³/mol. The van der Waals surface area contributed by atoms with Crippen molar-refractivity contribution in [3.8, 4) is 0 Å². The van der Waals surface area contributed by atoms with Crippen LogP contribution in [0.1, 0.15) is 38.3 Å². The average molecular weight is 496 g/mol. The molecular formula is C28H31ClFN3O2. The number of likely N-dealkylation sites (N-methyl/N-ethyl adjacent to an activating group) is 1. The average Bonchev–Trinajstić information content (AvgIpc) is 3.06. The van der Waals surface area contributed by atoms with Gasteiger partial charge in [-0.05, 0) is 62.8 Å². The molecule has 7 heteroatoms. The molecule has 1 fully saturated rings. The number of rotatable bonds is 6. The highest BCUT2D eigenvalue weighted by Crippen LogP contribution is 2.24. The molecule has 0 saturated carbocycles. The molecule has 0 radical (unpaired) electrons. The van der Waals surface area contributed by atoms with Crippen molar-refractivity contribution in [1.82, 2.24) is 4.90 Å². The van der Waals surface area contributed by atoms with E-state index in [1.54, 1.807) is 36.4 Å². The second-order valence-electron chi connectivity index (χ2n) is 8.88. The van der Waals surface area contributed by atoms with Gasteiger partial charge in [-0.3, -0.25) is 9.59 Å². The molecule has 0 unspecified atom stereocenters. The quantitative estimate of drug-likeness (QED) is 0.467. The number of Topliss-reactive ketones (excluding diaryl/α,β-unsaturated/α-hetero) is 1. The molecule has 0 atom stereocenters. The Morgan fingerprint density at radius 1 is 0.886 bits per heavy atom. The van der Waals surface area contributed by atoms with E-state index in [4.69, 9.17) is 0 Å². The fourth-order valence-electron chi connectivity index (χ4n) is 4.18. The fourth-order valence-corrected chi connectivity index (χ4v) is 4.18. The smallest absolute Gasteiger partial charge is 0.255 e. The Bertz CT molecular complexity index is 1170. The second-order valence-corrected chi connectivity index (χ2v) is 8.88. The molecule has 1 N–H and O–H groups in total. The van der Waals surface area contributed by atoms with Gasteiger partial charge in [-0.1, -0.05) is 42.0 Å². The van der Waals surface area contributed by atoms with Gasteiger partial charge in [0, 0.05) is 42.9 Å². The van der Waals surface area contributed by atoms with Crippen LogP contribution in [0.5, 0.6) is 0 Å². The molecule has 0 aliphatic carbocycles. The fraction of sp³-hybridized carbons (Fsp3) is 0.286. The minimum absolute atomic E-state index is 0. The van der Waals surface area contributed by atoms with Crippen LogP contribution in [0.2, 0.25) is 0 Å². The number of halogens is 2. The summed E-state index contributed by atoms with van der Waals surface area (Å²) in [5.41, 5.74) is 3.63. The summed E-state index contributed by atoms with van der Waals surface area (Å²) in [4.78, 5) is 30.3. The van der Waals surface area contributed by atoms with Crippen molar-refractivity contribution in [2.45, 2.75) is 19.8 Å². The lowest BCUT2D eigenvalue weighted by molar-refractivity contribution is 0.0988. The van der Waals surface area contributed by atoms with Gasteiger partial charge >= 0.3 is 0 Å². The molecule has 3 aromatic rings. The number of aryl methyl sites for hydroxylation is 1. The normalized spacial score (nSPS) is 14.1. The van der Waals surface area contributed by atoms with E-state index in [9.17, 15) is 14.0 Å². The lowest BCUT2D eigenvalue weighted by Gasteiger charge is -2.23. The van der Waals surface area contributed by atoms with Gasteiger partial charge in [0.15, 0.2) is 5.78 Å². The Morgan fingerprint density at radius 2 is 1.57 bits per heavy atom. The minimum Gasteiger partial charge on any atom is -0.370 e. The maximum atomic E-state index is 14.7. The third-order valence-corrected chi connectivity index (χ3v) is 6.28. The van der Waals surface area contributed by atoms with Gasteiger partial charge in [-0.15, -0.1) is 12.4 Å². The number of amides is 1. The van der Waals surface area contributed by atoms with Crippen molar-refractivity contribution in [3.05, 3.63) is 94.8 Å². The monoisotopic (exact) mass is 495 g/mol. The molecule has 5 nitrogen and oxygen atoms in total. The van der Waals surface area contributed by atoms with E-state index < -0.39 is 11.7 Å². The Kier molecular flexibility index (Phi) is 9.01. The van der Waals surface area contributed by atoms with Crippen LogP contribution in [0.4, 0.5) is 15.8 Å². The third kappa shape index (κ3) is 6.68. The van der Waals surface area contributed by atoms with Gasteiger partial charge in [0.2, 0.25) is 0 Å². The number of ketones is 1. The van der Waals surface area contributed by atoms with Crippen LogP contribution < -0.4 is 10.2 Å². The molecular weight excluding hydrogens is 465 g/mol. The maximum absolute atomic E-state index is 14.7. The Balaban J connectivity index is 0.00000342. The zero-order valence-electron chi connectivity index (χ0n) is 20.1. The second kappa shape index (κ2) is 12.0. The number of nitrogens with zero attached hydrogens (tertiary/aromatic N) is 2. The van der Waals surface area contributed by atoms with Crippen molar-refractivity contribution in [2.24, 2.45) is 0 Å². The van der Waals surface area contributed by atoms with Gasteiger partial charge < -0.3 is 15.1 Å². The molecule has 1 amide bonds. The van der Waals surface area contributed by atoms with E-state index in [1.807, 2.05) is 31.2 Å². The molecule has 35 heavy (non-hydrogen) atoms. The summed E-state index contributed by atoms with van der Waals surface area (Å²) in [6, 6.07) is 19.2. The van der Waals surface area contributed by atoms with E-state index in [-0.39, 0.29) is 30.3 Å². The standard InChI is InChI=1S/C28H30FN3O2.ClH/c1-20-7-9-21(10-8-20)26(33)19-23-5-3-6-25(29)27(23)30-28(34)22-11-13-24(14-12-22)32-16-4-15-31(2)17-18-32;/h3,5-14H,4,15-19H2,1-2H3,(H,30,34);1H. The lowest BCUT2D eigenvalue weighted by Crippen LogP contribution is -2.28. The van der Waals surface area contributed by atoms with Crippen LogP contribution in [0.3, 0.4) is 0 Å². The van der Waals surface area contributed by atoms with Crippen LogP contribution in [0.25, 0.3) is 0 Å². The van der Waals surface area contributed by atoms with E-state index >= 15 is 0 Å². The van der Waals surface area contributed by atoms with Crippen LogP contribution in [-0.2, 0) is 6.42 Å². The molecule has 1 heterocycles. The molecule has 1 aliphatic rings. The number of carbonyl (C=O) groups is 2. The molecule has 1 saturated heterocycles. The summed E-state index contributed by atoms with van der Waals surface area (Å²) in [5, 5.41) is 2.69. The first kappa shape index (κ1) is 26.4. The van der Waals surface area contributed by atoms with Crippen molar-refractivity contribution in [2.75, 3.05) is 43.4 Å². The summed E-state index contributed by atoms with van der Waals surface area (Å²) in [7, 11) is 2.13. The Hall–Kier alpha value is -3.22. The molecule has 1 aliphatic heterocycles. The van der Waals surface area contributed by atoms with Crippen LogP contribution in [0.15, 0.2) is 66.7 Å². The summed E-state index contributed by atoms with van der Waals surface area (Å²) in [6.07, 6.45) is 1.09. The van der Waals surface area contributed by atoms with Crippen molar-refractivity contribution in [3.63, 3.8) is 0 Å². The highest BCUT2D eigenvalue weighted by molar-refractivity contribution is 6.06. The van der Waals surface area contributed by atoms with Crippen LogP contribution in [0, 0.1) is 12.7 Å². The van der Waals surface area contributed by atoms with Crippen LogP contribution >= 0.6 is 12.4 Å². The highest BCUT2D eigenvalue weighted by atomic mass is 35.5. The summed E-state index contributed by atoms with van der Waals surface area (Å²) < 4.78 is 14.7. The highest BCUT2D eigenvalue weighted by Gasteiger charge is 2.17. The number of benzene rings is 3. The topological polar surface area (TPSA) is 52.7 Å². The van der Waals surface area contributed by atoms with Crippen molar-refractivity contribution in [1.29, 1.82) is 0 Å².